The van der Waals surface area contributed by atoms with E-state index in [2.05, 4.69) is 30.2 Å². The van der Waals surface area contributed by atoms with Crippen molar-refractivity contribution < 1.29 is 9.18 Å². The van der Waals surface area contributed by atoms with Gasteiger partial charge < -0.3 is 10.6 Å². The normalized spacial score (nSPS) is 13.0. The maximum atomic E-state index is 13.8. The third-order valence-electron chi connectivity index (χ3n) is 6.76. The molecule has 1 aliphatic heterocycles. The van der Waals surface area contributed by atoms with Gasteiger partial charge in [0, 0.05) is 47.9 Å². The summed E-state index contributed by atoms with van der Waals surface area (Å²) in [6.07, 6.45) is 6.91. The van der Waals surface area contributed by atoms with Gasteiger partial charge in [0.1, 0.15) is 29.6 Å². The lowest BCUT2D eigenvalue weighted by atomic mass is 10.1. The number of piperidine rings is 1. The number of carbonyl (C=O) groups is 1. The van der Waals surface area contributed by atoms with Gasteiger partial charge in [-0.1, -0.05) is 19.9 Å². The molecular weight excluding hydrogens is 551 g/mol. The number of nitrogens with two attached hydrogens (primary N) is 1. The molecule has 0 atom stereocenters. The van der Waals surface area contributed by atoms with Crippen molar-refractivity contribution in [1.82, 2.24) is 44.2 Å². The Labute approximate surface area is 247 Å². The van der Waals surface area contributed by atoms with Crippen molar-refractivity contribution >= 4 is 28.8 Å². The summed E-state index contributed by atoms with van der Waals surface area (Å²) in [7, 11) is 0. The van der Waals surface area contributed by atoms with Gasteiger partial charge in [0.15, 0.2) is 5.65 Å². The second-order valence-corrected chi connectivity index (χ2v) is 9.64. The zero-order chi connectivity index (χ0) is 30.9. The van der Waals surface area contributed by atoms with E-state index in [-0.39, 0.29) is 23.2 Å². The van der Waals surface area contributed by atoms with Gasteiger partial charge in [0.2, 0.25) is 6.41 Å². The average molecular weight is 587 g/mol. The zero-order valence-electron chi connectivity index (χ0n) is 24.6. The van der Waals surface area contributed by atoms with Gasteiger partial charge in [-0.05, 0) is 57.0 Å². The number of amides is 1. The molecule has 0 saturated carbocycles. The first-order valence-electron chi connectivity index (χ1n) is 14.0. The number of aryl methyl sites for hydroxylation is 2. The third kappa shape index (κ3) is 7.36. The highest BCUT2D eigenvalue weighted by molar-refractivity contribution is 5.86. The Balaban J connectivity index is 0.000000409. The second kappa shape index (κ2) is 14.1. The minimum absolute atomic E-state index is 0.0945. The van der Waals surface area contributed by atoms with E-state index < -0.39 is 0 Å². The Kier molecular flexibility index (Phi) is 10.1. The van der Waals surface area contributed by atoms with Gasteiger partial charge in [0.05, 0.1) is 11.7 Å². The monoisotopic (exact) mass is 586 g/mol. The van der Waals surface area contributed by atoms with E-state index >= 15 is 0 Å². The second-order valence-electron chi connectivity index (χ2n) is 9.64. The van der Waals surface area contributed by atoms with Crippen molar-refractivity contribution in [2.24, 2.45) is 0 Å². The minimum Gasteiger partial charge on any atom is -0.384 e. The highest BCUT2D eigenvalue weighted by atomic mass is 19.1. The fraction of sp³-hybridized carbons (Fsp3) is 0.300. The molecule has 0 aliphatic carbocycles. The number of likely N-dealkylation sites (tertiary alicyclic amines) is 1. The number of nitrogen functional groups attached to an aromatic ring is 1. The van der Waals surface area contributed by atoms with Crippen LogP contribution >= 0.6 is 0 Å². The maximum Gasteiger partial charge on any atom is 0.251 e. The lowest BCUT2D eigenvalue weighted by molar-refractivity contribution is -0.119. The van der Waals surface area contributed by atoms with Crippen molar-refractivity contribution in [2.45, 2.75) is 46.6 Å². The van der Waals surface area contributed by atoms with E-state index in [4.69, 9.17) is 5.73 Å². The number of carbonyl (C=O) groups excluding carboxylic acids is 1. The number of halogens is 1. The van der Waals surface area contributed by atoms with Gasteiger partial charge in [-0.3, -0.25) is 24.2 Å². The van der Waals surface area contributed by atoms with Gasteiger partial charge in [-0.25, -0.2) is 14.4 Å². The lowest BCUT2D eigenvalue weighted by Gasteiger charge is -2.29. The number of fused-ring (bicyclic) bond motifs is 2. The molecule has 43 heavy (non-hydrogen) atoms. The van der Waals surface area contributed by atoms with Crippen LogP contribution in [0.5, 0.6) is 0 Å². The molecule has 1 aliphatic rings. The highest BCUT2D eigenvalue weighted by Crippen LogP contribution is 2.26. The number of pyridine rings is 1. The summed E-state index contributed by atoms with van der Waals surface area (Å²) in [5, 5.41) is 11.5. The minimum atomic E-state index is -0.351. The summed E-state index contributed by atoms with van der Waals surface area (Å²) < 4.78 is 16.8. The summed E-state index contributed by atoms with van der Waals surface area (Å²) in [6.45, 7) is 8.87. The molecule has 3 N–H and O–H groups in total. The third-order valence-corrected chi connectivity index (χ3v) is 6.76. The predicted octanol–water partition coefficient (Wildman–Crippen LogP) is 4.19. The number of hydrogen-bond donors (Lipinski definition) is 2. The molecule has 1 amide bonds. The van der Waals surface area contributed by atoms with Crippen LogP contribution in [0.4, 0.5) is 10.2 Å². The molecule has 5 aromatic rings. The largest absolute Gasteiger partial charge is 0.384 e. The molecule has 1 saturated heterocycles. The Morgan fingerprint density at radius 3 is 2.47 bits per heavy atom. The van der Waals surface area contributed by atoms with Crippen LogP contribution in [-0.4, -0.2) is 63.7 Å². The lowest BCUT2D eigenvalue weighted by Crippen LogP contribution is -2.36. The summed E-state index contributed by atoms with van der Waals surface area (Å²) in [4.78, 5) is 38.6. The van der Waals surface area contributed by atoms with Crippen molar-refractivity contribution in [1.29, 1.82) is 0 Å². The maximum absolute atomic E-state index is 13.8. The van der Waals surface area contributed by atoms with E-state index in [1.54, 1.807) is 40.1 Å². The van der Waals surface area contributed by atoms with Crippen LogP contribution in [0.25, 0.3) is 27.7 Å². The molecule has 1 aromatic carbocycles. The van der Waals surface area contributed by atoms with Gasteiger partial charge in [-0.15, -0.1) is 0 Å². The topological polar surface area (TPSA) is 153 Å². The number of aromatic amines is 1. The fourth-order valence-corrected chi connectivity index (χ4v) is 4.67. The molecule has 0 bridgehead atoms. The Morgan fingerprint density at radius 2 is 1.81 bits per heavy atom. The zero-order valence-corrected chi connectivity index (χ0v) is 24.6. The van der Waals surface area contributed by atoms with Crippen LogP contribution in [0.3, 0.4) is 0 Å². The molecule has 6 rings (SSSR count). The molecule has 0 radical (unpaired) electrons. The van der Waals surface area contributed by atoms with Crippen LogP contribution in [0.15, 0.2) is 66.0 Å². The number of nitrogens with one attached hydrogen (secondary N) is 1. The Bertz CT molecular complexity index is 1800. The van der Waals surface area contributed by atoms with E-state index in [0.29, 0.717) is 53.6 Å². The van der Waals surface area contributed by atoms with Crippen molar-refractivity contribution in [3.63, 3.8) is 0 Å². The van der Waals surface area contributed by atoms with E-state index in [1.165, 1.54) is 29.0 Å². The first-order chi connectivity index (χ1) is 20.8. The SMILES string of the molecule is CC.Cc1n[nH]c(C)n1.Nc1cccc(=O)n(C2CCN(C=O)CC2)cnc2c(-c3cnc4ccc(F)cc4c3)cnn12. The predicted molar refractivity (Wildman–Crippen MR) is 163 cm³/mol. The number of aromatic nitrogens is 8. The number of hydrogen-bond acceptors (Lipinski definition) is 8. The Hall–Kier alpha value is -5.20. The van der Waals surface area contributed by atoms with E-state index in [0.717, 1.165) is 18.1 Å². The average Bonchev–Trinajstić information content (AvgIpc) is 3.63. The van der Waals surface area contributed by atoms with Crippen LogP contribution in [0.1, 0.15) is 44.4 Å². The summed E-state index contributed by atoms with van der Waals surface area (Å²) in [5.74, 6) is 1.61. The number of rotatable bonds is 3. The molecule has 5 heterocycles. The number of anilines is 1. The molecule has 13 heteroatoms. The number of nitrogens with zero attached hydrogens (tertiary/aromatic N) is 8. The Morgan fingerprint density at radius 1 is 1.05 bits per heavy atom. The van der Waals surface area contributed by atoms with Gasteiger partial charge in [0.25, 0.3) is 5.56 Å². The first-order valence-corrected chi connectivity index (χ1v) is 14.0. The molecule has 0 unspecified atom stereocenters. The molecule has 224 valence electrons. The fourth-order valence-electron chi connectivity index (χ4n) is 4.67. The highest BCUT2D eigenvalue weighted by Gasteiger charge is 2.20. The summed E-state index contributed by atoms with van der Waals surface area (Å²) >= 11 is 0. The number of benzene rings is 1. The van der Waals surface area contributed by atoms with Crippen molar-refractivity contribution in [3.05, 3.63) is 89.0 Å². The van der Waals surface area contributed by atoms with Crippen LogP contribution in [-0.2, 0) is 4.79 Å². The molecular formula is C30H35FN10O2. The van der Waals surface area contributed by atoms with Crippen molar-refractivity contribution in [3.8, 4) is 11.1 Å². The van der Waals surface area contributed by atoms with E-state index in [9.17, 15) is 14.0 Å². The quantitative estimate of drug-likeness (QED) is 0.299. The molecule has 1 fully saturated rings. The smallest absolute Gasteiger partial charge is 0.251 e. The van der Waals surface area contributed by atoms with E-state index in [1.807, 2.05) is 33.8 Å². The van der Waals surface area contributed by atoms with Crippen LogP contribution in [0.2, 0.25) is 0 Å². The molecule has 0 spiro atoms. The van der Waals surface area contributed by atoms with Crippen LogP contribution < -0.4 is 11.3 Å². The molecule has 12 nitrogen and oxygen atoms in total. The summed E-state index contributed by atoms with van der Waals surface area (Å²) in [5.41, 5.74) is 8.39. The summed E-state index contributed by atoms with van der Waals surface area (Å²) in [6, 6.07) is 10.7. The number of H-pyrrole nitrogens is 1. The van der Waals surface area contributed by atoms with Gasteiger partial charge in [-0.2, -0.15) is 14.7 Å². The van der Waals surface area contributed by atoms with Crippen LogP contribution in [0, 0.1) is 19.7 Å². The van der Waals surface area contributed by atoms with Gasteiger partial charge >= 0.3 is 0 Å². The standard InChI is InChI=1S/C24H22FN7O2.C4H7N3.C2H6/c25-18-4-5-21-16(11-18)10-17(12-27-21)20-13-29-32-22(26)2-1-3-23(34)31(14-28-24(20)32)19-6-8-30(15-33)9-7-19;1-3-5-4(2)7-6-3;1-2/h1-5,10-15,19H,6-9,26H2;1-2H3,(H,5,6,7);1-2H3. The van der Waals surface area contributed by atoms with Crippen molar-refractivity contribution in [2.75, 3.05) is 18.8 Å². The molecule has 4 aromatic heterocycles. The first kappa shape index (κ1) is 30.8.